The Balaban J connectivity index is 1.58. The molecule has 1 aromatic heterocycles. The van der Waals surface area contributed by atoms with Gasteiger partial charge >= 0.3 is 0 Å². The van der Waals surface area contributed by atoms with Gasteiger partial charge < -0.3 is 10.1 Å². The molecule has 0 bridgehead atoms. The van der Waals surface area contributed by atoms with Crippen molar-refractivity contribution in [3.63, 3.8) is 0 Å². The summed E-state index contributed by atoms with van der Waals surface area (Å²) in [6, 6.07) is 16.6. The fourth-order valence-corrected chi connectivity index (χ4v) is 5.27. The van der Waals surface area contributed by atoms with E-state index in [0.717, 1.165) is 35.4 Å². The van der Waals surface area contributed by atoms with Gasteiger partial charge in [-0.15, -0.1) is 10.2 Å². The molecule has 1 fully saturated rings. The van der Waals surface area contributed by atoms with Crippen molar-refractivity contribution in [2.75, 3.05) is 25.5 Å². The lowest BCUT2D eigenvalue weighted by atomic mass is 10.1. The van der Waals surface area contributed by atoms with E-state index in [9.17, 15) is 8.42 Å². The Hall–Kier alpha value is -2.97. The lowest BCUT2D eigenvalue weighted by Gasteiger charge is -2.17. The number of rotatable bonds is 6. The van der Waals surface area contributed by atoms with E-state index < -0.39 is 10.0 Å². The molecule has 0 spiro atoms. The van der Waals surface area contributed by atoms with Crippen molar-refractivity contribution in [1.82, 2.24) is 14.5 Å². The summed E-state index contributed by atoms with van der Waals surface area (Å²) < 4.78 is 32.8. The summed E-state index contributed by atoms with van der Waals surface area (Å²) in [6.07, 6.45) is 1.82. The number of hydrogen-bond acceptors (Lipinski definition) is 6. The predicted molar refractivity (Wildman–Crippen MR) is 116 cm³/mol. The highest BCUT2D eigenvalue weighted by Gasteiger charge is 2.28. The molecule has 1 N–H and O–H groups in total. The van der Waals surface area contributed by atoms with Gasteiger partial charge in [0, 0.05) is 30.4 Å². The third-order valence-corrected chi connectivity index (χ3v) is 7.21. The van der Waals surface area contributed by atoms with Gasteiger partial charge in [0.1, 0.15) is 5.75 Å². The molecule has 3 aromatic rings. The van der Waals surface area contributed by atoms with Crippen molar-refractivity contribution in [3.05, 3.63) is 60.2 Å². The fraction of sp³-hybridized carbons (Fsp3) is 0.273. The van der Waals surface area contributed by atoms with Crippen LogP contribution in [0.15, 0.2) is 59.5 Å². The number of anilines is 2. The topological polar surface area (TPSA) is 84.4 Å². The predicted octanol–water partition coefficient (Wildman–Crippen LogP) is 3.99. The second kappa shape index (κ2) is 8.41. The molecule has 2 heterocycles. The monoisotopic (exact) mass is 424 g/mol. The Morgan fingerprint density at radius 1 is 1.00 bits per heavy atom. The number of ether oxygens (including phenoxy) is 1. The zero-order chi connectivity index (χ0) is 21.1. The van der Waals surface area contributed by atoms with E-state index in [1.54, 1.807) is 17.5 Å². The minimum Gasteiger partial charge on any atom is -0.497 e. The van der Waals surface area contributed by atoms with Crippen LogP contribution >= 0.6 is 0 Å². The molecule has 0 unspecified atom stereocenters. The minimum atomic E-state index is -3.49. The van der Waals surface area contributed by atoms with Crippen LogP contribution in [-0.4, -0.2) is 43.1 Å². The normalized spacial score (nSPS) is 14.6. The van der Waals surface area contributed by atoms with Gasteiger partial charge in [0.15, 0.2) is 5.82 Å². The molecule has 1 saturated heterocycles. The van der Waals surface area contributed by atoms with E-state index in [2.05, 4.69) is 15.5 Å². The van der Waals surface area contributed by atoms with Gasteiger partial charge in [-0.1, -0.05) is 18.2 Å². The van der Waals surface area contributed by atoms with Crippen molar-refractivity contribution < 1.29 is 13.2 Å². The van der Waals surface area contributed by atoms with Crippen molar-refractivity contribution in [2.45, 2.75) is 24.7 Å². The van der Waals surface area contributed by atoms with E-state index in [4.69, 9.17) is 4.74 Å². The molecule has 0 atom stereocenters. The summed E-state index contributed by atoms with van der Waals surface area (Å²) in [5.74, 6) is 1.33. The highest BCUT2D eigenvalue weighted by Crippen LogP contribution is 2.28. The maximum atomic E-state index is 13.0. The molecule has 0 amide bonds. The molecule has 1 aliphatic rings. The Labute approximate surface area is 176 Å². The number of aryl methyl sites for hydroxylation is 1. The lowest BCUT2D eigenvalue weighted by Crippen LogP contribution is -2.28. The first-order valence-corrected chi connectivity index (χ1v) is 11.3. The smallest absolute Gasteiger partial charge is 0.243 e. The molecule has 0 radical (unpaired) electrons. The van der Waals surface area contributed by atoms with Crippen LogP contribution in [0.2, 0.25) is 0 Å². The van der Waals surface area contributed by atoms with Crippen LogP contribution in [-0.2, 0) is 10.0 Å². The molecule has 8 heteroatoms. The summed E-state index contributed by atoms with van der Waals surface area (Å²) in [6.45, 7) is 2.98. The maximum absolute atomic E-state index is 13.0. The van der Waals surface area contributed by atoms with Crippen LogP contribution in [0.5, 0.6) is 5.75 Å². The van der Waals surface area contributed by atoms with Gasteiger partial charge in [0.05, 0.1) is 17.7 Å². The molecule has 0 saturated carbocycles. The second-order valence-electron chi connectivity index (χ2n) is 7.25. The zero-order valence-corrected chi connectivity index (χ0v) is 17.8. The van der Waals surface area contributed by atoms with E-state index in [0.29, 0.717) is 29.5 Å². The van der Waals surface area contributed by atoms with E-state index in [1.807, 2.05) is 55.5 Å². The average Bonchev–Trinajstić information content (AvgIpc) is 3.31. The summed E-state index contributed by atoms with van der Waals surface area (Å²) in [7, 11) is -1.88. The number of nitrogens with zero attached hydrogens (tertiary/aromatic N) is 3. The number of methoxy groups -OCH3 is 1. The van der Waals surface area contributed by atoms with Gasteiger partial charge in [-0.05, 0) is 55.7 Å². The number of aromatic nitrogens is 2. The number of sulfonamides is 1. The Bertz CT molecular complexity index is 1140. The molecular formula is C22H24N4O3S. The Morgan fingerprint density at radius 2 is 1.80 bits per heavy atom. The molecule has 7 nitrogen and oxygen atoms in total. The Kier molecular flexibility index (Phi) is 5.69. The molecular weight excluding hydrogens is 400 g/mol. The zero-order valence-electron chi connectivity index (χ0n) is 17.0. The van der Waals surface area contributed by atoms with Crippen LogP contribution in [0.1, 0.15) is 18.4 Å². The van der Waals surface area contributed by atoms with E-state index in [-0.39, 0.29) is 0 Å². The SMILES string of the molecule is COc1cccc(Nc2ccc(-c3ccc(C)c(S(=O)(=O)N4CCCC4)c3)nn2)c1. The van der Waals surface area contributed by atoms with Gasteiger partial charge in [0.2, 0.25) is 10.0 Å². The minimum absolute atomic E-state index is 0.335. The van der Waals surface area contributed by atoms with Gasteiger partial charge in [-0.25, -0.2) is 8.42 Å². The van der Waals surface area contributed by atoms with Crippen LogP contribution in [0, 0.1) is 6.92 Å². The number of benzene rings is 2. The van der Waals surface area contributed by atoms with Crippen molar-refractivity contribution in [3.8, 4) is 17.0 Å². The van der Waals surface area contributed by atoms with Crippen LogP contribution in [0.4, 0.5) is 11.5 Å². The third-order valence-electron chi connectivity index (χ3n) is 5.17. The fourth-order valence-electron chi connectivity index (χ4n) is 3.51. The highest BCUT2D eigenvalue weighted by atomic mass is 32.2. The number of nitrogens with one attached hydrogen (secondary N) is 1. The quantitative estimate of drug-likeness (QED) is 0.644. The van der Waals surface area contributed by atoms with Gasteiger partial charge in [-0.2, -0.15) is 4.31 Å². The number of hydrogen-bond donors (Lipinski definition) is 1. The summed E-state index contributed by atoms with van der Waals surface area (Å²) in [4.78, 5) is 0.335. The van der Waals surface area contributed by atoms with Gasteiger partial charge in [0.25, 0.3) is 0 Å². The molecule has 156 valence electrons. The van der Waals surface area contributed by atoms with Crippen LogP contribution in [0.3, 0.4) is 0 Å². The first kappa shape index (κ1) is 20.3. The third kappa shape index (κ3) is 4.15. The second-order valence-corrected chi connectivity index (χ2v) is 9.16. The molecule has 4 rings (SSSR count). The van der Waals surface area contributed by atoms with Crippen molar-refractivity contribution >= 4 is 21.5 Å². The van der Waals surface area contributed by atoms with Crippen molar-refractivity contribution in [1.29, 1.82) is 0 Å². The van der Waals surface area contributed by atoms with E-state index >= 15 is 0 Å². The highest BCUT2D eigenvalue weighted by molar-refractivity contribution is 7.89. The average molecular weight is 425 g/mol. The summed E-state index contributed by atoms with van der Waals surface area (Å²) in [5, 5.41) is 11.7. The lowest BCUT2D eigenvalue weighted by molar-refractivity contribution is 0.415. The largest absolute Gasteiger partial charge is 0.497 e. The van der Waals surface area contributed by atoms with Crippen LogP contribution < -0.4 is 10.1 Å². The van der Waals surface area contributed by atoms with Gasteiger partial charge in [-0.3, -0.25) is 0 Å². The summed E-state index contributed by atoms with van der Waals surface area (Å²) >= 11 is 0. The Morgan fingerprint density at radius 3 is 2.50 bits per heavy atom. The van der Waals surface area contributed by atoms with Crippen molar-refractivity contribution in [2.24, 2.45) is 0 Å². The molecule has 30 heavy (non-hydrogen) atoms. The molecule has 2 aromatic carbocycles. The van der Waals surface area contributed by atoms with E-state index in [1.165, 1.54) is 0 Å². The summed E-state index contributed by atoms with van der Waals surface area (Å²) in [5.41, 5.74) is 2.91. The molecule has 1 aliphatic heterocycles. The molecule has 0 aliphatic carbocycles. The first-order chi connectivity index (χ1) is 14.5. The maximum Gasteiger partial charge on any atom is 0.243 e. The standard InChI is InChI=1S/C22H24N4O3S/c1-16-8-9-17(14-21(16)30(27,28)26-12-3-4-13-26)20-10-11-22(25-24-20)23-18-6-5-7-19(15-18)29-2/h5-11,14-15H,3-4,12-13H2,1-2H3,(H,23,25). The first-order valence-electron chi connectivity index (χ1n) is 9.83. The van der Waals surface area contributed by atoms with Crippen LogP contribution in [0.25, 0.3) is 11.3 Å².